The summed E-state index contributed by atoms with van der Waals surface area (Å²) in [6.07, 6.45) is 8.29. The first-order valence-electron chi connectivity index (χ1n) is 15.8. The maximum absolute atomic E-state index is 14.2. The highest BCUT2D eigenvalue weighted by Gasteiger charge is 2.62. The van der Waals surface area contributed by atoms with Crippen LogP contribution in [0.4, 0.5) is 4.79 Å². The summed E-state index contributed by atoms with van der Waals surface area (Å²) in [7, 11) is -2.19. The van der Waals surface area contributed by atoms with Crippen LogP contribution in [0.2, 0.25) is 18.1 Å². The number of amides is 2. The molecule has 0 radical (unpaired) electrons. The third-order valence-corrected chi connectivity index (χ3v) is 13.8. The Morgan fingerprint density at radius 3 is 2.33 bits per heavy atom. The molecular weight excluding hydrogens is 552 g/mol. The van der Waals surface area contributed by atoms with Gasteiger partial charge >= 0.3 is 12.1 Å². The average molecular weight is 607 g/mol. The summed E-state index contributed by atoms with van der Waals surface area (Å²) in [5.74, 6) is -2.41. The van der Waals surface area contributed by atoms with Gasteiger partial charge in [0.25, 0.3) is 0 Å². The molecule has 2 fully saturated rings. The van der Waals surface area contributed by atoms with Crippen LogP contribution in [0.1, 0.15) is 99.8 Å². The molecule has 3 aliphatic rings. The van der Waals surface area contributed by atoms with Crippen LogP contribution in [0.15, 0.2) is 12.2 Å². The van der Waals surface area contributed by atoms with Crippen LogP contribution >= 0.6 is 0 Å². The molecule has 42 heavy (non-hydrogen) atoms. The first-order chi connectivity index (χ1) is 19.4. The number of Topliss-reactive ketones (excluding diaryl/α,β-unsaturated/α-hetero) is 1. The maximum Gasteiger partial charge on any atom is 0.408 e. The normalized spacial score (nSPS) is 31.9. The monoisotopic (exact) mass is 606 g/mol. The van der Waals surface area contributed by atoms with Gasteiger partial charge in [-0.1, -0.05) is 45.8 Å². The van der Waals surface area contributed by atoms with Gasteiger partial charge in [-0.3, -0.25) is 9.59 Å². The number of rotatable bonds is 5. The van der Waals surface area contributed by atoms with Crippen LogP contribution in [0.3, 0.4) is 0 Å². The number of carbonyl (C=O) groups is 4. The molecule has 0 aromatic rings. The summed E-state index contributed by atoms with van der Waals surface area (Å²) in [6, 6.07) is -0.778. The number of hydrogen-bond acceptors (Lipinski definition) is 7. The quantitative estimate of drug-likeness (QED) is 0.230. The number of ketones is 1. The minimum atomic E-state index is -2.19. The van der Waals surface area contributed by atoms with E-state index in [4.69, 9.17) is 13.9 Å². The van der Waals surface area contributed by atoms with Crippen LogP contribution in [-0.4, -0.2) is 62.0 Å². The molecule has 2 amide bonds. The summed E-state index contributed by atoms with van der Waals surface area (Å²) < 4.78 is 17.6. The number of carbonyl (C=O) groups excluding carboxylic acids is 4. The molecule has 3 rings (SSSR count). The highest BCUT2D eigenvalue weighted by Crippen LogP contribution is 2.48. The smallest absolute Gasteiger partial charge is 0.408 e. The summed E-state index contributed by atoms with van der Waals surface area (Å²) >= 11 is 0. The van der Waals surface area contributed by atoms with Crippen LogP contribution in [0, 0.1) is 17.8 Å². The number of hydrogen-bond donors (Lipinski definition) is 2. The van der Waals surface area contributed by atoms with E-state index in [0.29, 0.717) is 25.7 Å². The van der Waals surface area contributed by atoms with E-state index in [2.05, 4.69) is 50.6 Å². The van der Waals surface area contributed by atoms with E-state index in [1.807, 2.05) is 6.08 Å². The lowest BCUT2D eigenvalue weighted by molar-refractivity contribution is -0.150. The maximum atomic E-state index is 14.2. The molecular formula is C32H54N2O7Si. The Morgan fingerprint density at radius 1 is 1.05 bits per heavy atom. The lowest BCUT2D eigenvalue weighted by Crippen LogP contribution is -2.51. The van der Waals surface area contributed by atoms with Crippen LogP contribution < -0.4 is 10.6 Å². The molecule has 10 heteroatoms. The molecule has 0 spiro atoms. The summed E-state index contributed by atoms with van der Waals surface area (Å²) in [5.41, 5.74) is -1.82. The van der Waals surface area contributed by atoms with Crippen molar-refractivity contribution in [3.05, 3.63) is 12.2 Å². The van der Waals surface area contributed by atoms with Gasteiger partial charge in [-0.15, -0.1) is 0 Å². The second-order valence-electron chi connectivity index (χ2n) is 14.8. The van der Waals surface area contributed by atoms with Gasteiger partial charge < -0.3 is 24.5 Å². The average Bonchev–Trinajstić information content (AvgIpc) is 3.38. The molecule has 2 saturated carbocycles. The van der Waals surface area contributed by atoms with Crippen LogP contribution in [-0.2, 0) is 28.3 Å². The predicted octanol–water partition coefficient (Wildman–Crippen LogP) is 5.82. The minimum absolute atomic E-state index is 0.0387. The number of fused-ring (bicyclic) bond motifs is 2. The fraction of sp³-hybridized carbons (Fsp3) is 0.812. The van der Waals surface area contributed by atoms with Gasteiger partial charge in [0.15, 0.2) is 14.1 Å². The summed E-state index contributed by atoms with van der Waals surface area (Å²) in [4.78, 5) is 54.1. The Kier molecular flexibility index (Phi) is 10.8. The number of ether oxygens (including phenoxy) is 2. The fourth-order valence-corrected chi connectivity index (χ4v) is 7.23. The zero-order valence-electron chi connectivity index (χ0n) is 27.3. The first kappa shape index (κ1) is 34.3. The number of alkyl carbamates (subject to hydrolysis) is 1. The van der Waals surface area contributed by atoms with Crippen molar-refractivity contribution in [1.29, 1.82) is 0 Å². The molecule has 0 bridgehead atoms. The van der Waals surface area contributed by atoms with Crippen molar-refractivity contribution in [2.45, 2.75) is 141 Å². The SMILES string of the molecule is CCOC(=O)[C@@]12C[C@H]1/C=C\CCCCC[C@H](NC(=O)OC(C)(C)C)C(=O)C1C[C@H](O[Si](C)(C)C(C)(C)C)C[C@H]1C(=O)N2. The Morgan fingerprint density at radius 2 is 1.71 bits per heavy atom. The van der Waals surface area contributed by atoms with Gasteiger partial charge in [-0.25, -0.2) is 9.59 Å². The number of allylic oxidation sites excluding steroid dienone is 1. The Bertz CT molecular complexity index is 1040. The van der Waals surface area contributed by atoms with Crippen molar-refractivity contribution >= 4 is 32.1 Å². The lowest BCUT2D eigenvalue weighted by Gasteiger charge is -2.38. The highest BCUT2D eigenvalue weighted by molar-refractivity contribution is 6.74. The molecule has 2 N–H and O–H groups in total. The van der Waals surface area contributed by atoms with Crippen molar-refractivity contribution in [2.75, 3.05) is 6.61 Å². The molecule has 0 aromatic carbocycles. The lowest BCUT2D eigenvalue weighted by atomic mass is 9.86. The van der Waals surface area contributed by atoms with E-state index in [1.165, 1.54) is 0 Å². The summed E-state index contributed by atoms with van der Waals surface area (Å²) in [6.45, 7) is 18.1. The Labute approximate surface area is 253 Å². The highest BCUT2D eigenvalue weighted by atomic mass is 28.4. The molecule has 238 valence electrons. The zero-order chi connectivity index (χ0) is 31.5. The fourth-order valence-electron chi connectivity index (χ4n) is 5.85. The van der Waals surface area contributed by atoms with Gasteiger partial charge in [0.2, 0.25) is 5.91 Å². The van der Waals surface area contributed by atoms with Gasteiger partial charge in [-0.2, -0.15) is 0 Å². The molecule has 2 aliphatic carbocycles. The second-order valence-corrected chi connectivity index (χ2v) is 19.6. The van der Waals surface area contributed by atoms with Crippen molar-refractivity contribution in [3.63, 3.8) is 0 Å². The molecule has 1 unspecified atom stereocenters. The number of esters is 1. The Hall–Kier alpha value is -2.20. The largest absolute Gasteiger partial charge is 0.464 e. The predicted molar refractivity (Wildman–Crippen MR) is 164 cm³/mol. The Balaban J connectivity index is 1.95. The second kappa shape index (κ2) is 13.2. The van der Waals surface area contributed by atoms with Crippen molar-refractivity contribution in [3.8, 4) is 0 Å². The van der Waals surface area contributed by atoms with Crippen molar-refractivity contribution in [1.82, 2.24) is 10.6 Å². The standard InChI is InChI=1S/C32H54N2O7Si/c1-10-39-28(37)32-20-21(32)16-14-12-11-13-15-17-25(33-29(38)40-30(2,3)4)26(35)23-18-22(19-24(23)27(36)34-32)41-42(8,9)31(5,6)7/h14,16,21-25H,10-13,15,17-20H2,1-9H3,(H,33,38)(H,34,36)/b16-14-/t21-,22+,23?,24-,25+,32-/m1/s1. The first-order valence-corrected chi connectivity index (χ1v) is 18.7. The van der Waals surface area contributed by atoms with Crippen LogP contribution in [0.25, 0.3) is 0 Å². The van der Waals surface area contributed by atoms with E-state index in [9.17, 15) is 19.2 Å². The molecule has 1 aliphatic heterocycles. The third-order valence-electron chi connectivity index (χ3n) is 9.26. The van der Waals surface area contributed by atoms with Gasteiger partial charge in [-0.05, 0) is 84.4 Å². The van der Waals surface area contributed by atoms with Crippen molar-refractivity contribution < 1.29 is 33.1 Å². The van der Waals surface area contributed by atoms with E-state index >= 15 is 0 Å². The van der Waals surface area contributed by atoms with Gasteiger partial charge in [0.05, 0.1) is 18.6 Å². The molecule has 0 saturated heterocycles. The van der Waals surface area contributed by atoms with E-state index in [1.54, 1.807) is 27.7 Å². The van der Waals surface area contributed by atoms with E-state index in [-0.39, 0.29) is 35.4 Å². The van der Waals surface area contributed by atoms with Crippen LogP contribution in [0.5, 0.6) is 0 Å². The van der Waals surface area contributed by atoms with E-state index < -0.39 is 49.4 Å². The number of nitrogens with one attached hydrogen (secondary N) is 2. The molecule has 1 heterocycles. The molecule has 6 atom stereocenters. The van der Waals surface area contributed by atoms with Gasteiger partial charge in [0, 0.05) is 17.9 Å². The van der Waals surface area contributed by atoms with Gasteiger partial charge in [0.1, 0.15) is 11.1 Å². The molecule has 0 aromatic heterocycles. The topological polar surface area (TPSA) is 120 Å². The van der Waals surface area contributed by atoms with Crippen molar-refractivity contribution in [2.24, 2.45) is 17.8 Å². The zero-order valence-corrected chi connectivity index (χ0v) is 28.3. The minimum Gasteiger partial charge on any atom is -0.464 e. The van der Waals surface area contributed by atoms with E-state index in [0.717, 1.165) is 25.7 Å². The molecule has 9 nitrogen and oxygen atoms in total. The third kappa shape index (κ3) is 8.46. The summed E-state index contributed by atoms with van der Waals surface area (Å²) in [5, 5.41) is 5.83.